The van der Waals surface area contributed by atoms with Crippen LogP contribution in [0.3, 0.4) is 0 Å². The van der Waals surface area contributed by atoms with E-state index in [1.165, 1.54) is 13.2 Å². The highest BCUT2D eigenvalue weighted by Crippen LogP contribution is 2.36. The quantitative estimate of drug-likeness (QED) is 0.615. The first-order valence-corrected chi connectivity index (χ1v) is 7.58. The van der Waals surface area contributed by atoms with Crippen molar-refractivity contribution in [3.05, 3.63) is 43.7 Å². The van der Waals surface area contributed by atoms with Crippen LogP contribution in [0.25, 0.3) is 0 Å². The van der Waals surface area contributed by atoms with Gasteiger partial charge in [-0.3, -0.25) is 10.2 Å². The Bertz CT molecular complexity index is 807. The molecule has 0 saturated heterocycles. The maximum atomic E-state index is 11.7. The molecule has 1 aromatic heterocycles. The summed E-state index contributed by atoms with van der Waals surface area (Å²) in [6, 6.07) is 3.57. The molecule has 0 spiro atoms. The Balaban J connectivity index is 2.25. The van der Waals surface area contributed by atoms with Gasteiger partial charge in [0.05, 0.1) is 31.1 Å². The van der Waals surface area contributed by atoms with E-state index in [1.807, 2.05) is 0 Å². The zero-order valence-corrected chi connectivity index (χ0v) is 15.0. The second-order valence-electron chi connectivity index (χ2n) is 4.38. The smallest absolute Gasteiger partial charge is 0.287 e. The molecule has 0 bridgehead atoms. The van der Waals surface area contributed by atoms with Crippen LogP contribution in [0.1, 0.15) is 5.56 Å². The van der Waals surface area contributed by atoms with Gasteiger partial charge in [-0.2, -0.15) is 10.2 Å². The van der Waals surface area contributed by atoms with E-state index in [4.69, 9.17) is 21.1 Å². The largest absolute Gasteiger partial charge is 0.493 e. The molecule has 0 aliphatic heterocycles. The van der Waals surface area contributed by atoms with Gasteiger partial charge in [0.15, 0.2) is 11.5 Å². The lowest BCUT2D eigenvalue weighted by molar-refractivity contribution is 0.353. The number of hydrogen-bond donors (Lipinski definition) is 1. The van der Waals surface area contributed by atoms with Gasteiger partial charge in [-0.15, -0.1) is 0 Å². The topological polar surface area (TPSA) is 77.7 Å². The summed E-state index contributed by atoms with van der Waals surface area (Å²) in [5.74, 6) is 1.16. The Morgan fingerprint density at radius 3 is 2.78 bits per heavy atom. The normalized spacial score (nSPS) is 10.8. The molecule has 1 heterocycles. The molecule has 122 valence electrons. The summed E-state index contributed by atoms with van der Waals surface area (Å²) < 4.78 is 12.3. The SMILES string of the molecule is COc1ccc(/C=N\Nc2cnn(C)c(=O)c2Cl)c(Br)c1OC. The number of nitrogens with one attached hydrogen (secondary N) is 1. The van der Waals surface area contributed by atoms with Gasteiger partial charge in [-0.1, -0.05) is 11.6 Å². The molecular formula is C14H14BrClN4O3. The number of methoxy groups -OCH3 is 2. The molecule has 0 unspecified atom stereocenters. The number of rotatable bonds is 5. The Labute approximate surface area is 146 Å². The number of halogens is 2. The van der Waals surface area contributed by atoms with Crippen molar-refractivity contribution in [1.29, 1.82) is 0 Å². The first kappa shape index (κ1) is 17.3. The second kappa shape index (κ2) is 7.47. The lowest BCUT2D eigenvalue weighted by Gasteiger charge is -2.11. The third-order valence-corrected chi connectivity index (χ3v) is 4.16. The summed E-state index contributed by atoms with van der Waals surface area (Å²) in [7, 11) is 4.62. The molecule has 0 radical (unpaired) electrons. The van der Waals surface area contributed by atoms with Gasteiger partial charge in [0.25, 0.3) is 5.56 Å². The van der Waals surface area contributed by atoms with Crippen molar-refractivity contribution in [2.24, 2.45) is 12.1 Å². The minimum Gasteiger partial charge on any atom is -0.493 e. The van der Waals surface area contributed by atoms with Crippen molar-refractivity contribution in [1.82, 2.24) is 9.78 Å². The summed E-state index contributed by atoms with van der Waals surface area (Å²) in [5.41, 5.74) is 3.36. The van der Waals surface area contributed by atoms with Crippen molar-refractivity contribution in [2.45, 2.75) is 0 Å². The number of nitrogens with zero attached hydrogens (tertiary/aromatic N) is 3. The number of anilines is 1. The first-order chi connectivity index (χ1) is 11.0. The minimum absolute atomic E-state index is 0.0195. The highest BCUT2D eigenvalue weighted by atomic mass is 79.9. The summed E-state index contributed by atoms with van der Waals surface area (Å²) in [6.07, 6.45) is 2.98. The number of ether oxygens (including phenoxy) is 2. The number of aromatic nitrogens is 2. The molecule has 7 nitrogen and oxygen atoms in total. The van der Waals surface area contributed by atoms with Gasteiger partial charge in [-0.25, -0.2) is 4.68 Å². The van der Waals surface area contributed by atoms with Crippen molar-refractivity contribution in [3.8, 4) is 11.5 Å². The van der Waals surface area contributed by atoms with Gasteiger partial charge in [0.2, 0.25) is 0 Å². The van der Waals surface area contributed by atoms with Crippen molar-refractivity contribution in [3.63, 3.8) is 0 Å². The van der Waals surface area contributed by atoms with Gasteiger partial charge in [0.1, 0.15) is 10.7 Å². The minimum atomic E-state index is -0.404. The number of benzene rings is 1. The van der Waals surface area contributed by atoms with Crippen molar-refractivity contribution >= 4 is 39.4 Å². The van der Waals surface area contributed by atoms with Gasteiger partial charge < -0.3 is 9.47 Å². The Morgan fingerprint density at radius 1 is 1.39 bits per heavy atom. The molecule has 2 aromatic rings. The standard InChI is InChI=1S/C14H14BrClN4O3/c1-20-14(21)12(16)9(7-18-20)19-17-6-8-4-5-10(22-2)13(23-3)11(8)15/h4-7,19H,1-3H3/b17-6-. The fourth-order valence-corrected chi connectivity index (χ4v) is 2.57. The monoisotopic (exact) mass is 400 g/mol. The molecule has 0 aliphatic carbocycles. The first-order valence-electron chi connectivity index (χ1n) is 6.41. The average Bonchev–Trinajstić information content (AvgIpc) is 2.55. The summed E-state index contributed by atoms with van der Waals surface area (Å²) >= 11 is 9.38. The maximum absolute atomic E-state index is 11.7. The van der Waals surface area contributed by atoms with Crippen molar-refractivity contribution < 1.29 is 9.47 Å². The molecule has 2 rings (SSSR count). The molecule has 0 amide bonds. The number of hydrazone groups is 1. The zero-order chi connectivity index (χ0) is 17.0. The third-order valence-electron chi connectivity index (χ3n) is 2.98. The Kier molecular flexibility index (Phi) is 5.62. The molecule has 0 fully saturated rings. The van der Waals surface area contributed by atoms with Crippen LogP contribution >= 0.6 is 27.5 Å². The maximum Gasteiger partial charge on any atom is 0.287 e. The molecule has 0 saturated carbocycles. The van der Waals surface area contributed by atoms with E-state index in [0.717, 1.165) is 10.2 Å². The van der Waals surface area contributed by atoms with Crippen LogP contribution in [-0.4, -0.2) is 30.2 Å². The van der Waals surface area contributed by atoms with Crippen LogP contribution in [0.5, 0.6) is 11.5 Å². The summed E-state index contributed by atoms with van der Waals surface area (Å²) in [4.78, 5) is 11.7. The van der Waals surface area contributed by atoms with E-state index >= 15 is 0 Å². The fourth-order valence-electron chi connectivity index (χ4n) is 1.76. The lowest BCUT2D eigenvalue weighted by atomic mass is 10.2. The predicted octanol–water partition coefficient (Wildman–Crippen LogP) is 2.66. The van der Waals surface area contributed by atoms with Crippen LogP contribution in [0.4, 0.5) is 5.69 Å². The Morgan fingerprint density at radius 2 is 2.13 bits per heavy atom. The van der Waals surface area contributed by atoms with E-state index in [-0.39, 0.29) is 5.02 Å². The van der Waals surface area contributed by atoms with Crippen LogP contribution < -0.4 is 20.5 Å². The van der Waals surface area contributed by atoms with Gasteiger partial charge in [-0.05, 0) is 28.1 Å². The summed E-state index contributed by atoms with van der Waals surface area (Å²) in [5, 5.41) is 7.95. The average molecular weight is 402 g/mol. The molecule has 0 aliphatic rings. The van der Waals surface area contributed by atoms with E-state index in [9.17, 15) is 4.79 Å². The second-order valence-corrected chi connectivity index (χ2v) is 5.55. The number of aryl methyl sites for hydroxylation is 1. The van der Waals surface area contributed by atoms with Crippen LogP contribution in [0, 0.1) is 0 Å². The lowest BCUT2D eigenvalue weighted by Crippen LogP contribution is -2.20. The van der Waals surface area contributed by atoms with E-state index < -0.39 is 5.56 Å². The highest BCUT2D eigenvalue weighted by molar-refractivity contribution is 9.10. The van der Waals surface area contributed by atoms with E-state index in [0.29, 0.717) is 21.7 Å². The van der Waals surface area contributed by atoms with Gasteiger partial charge >= 0.3 is 0 Å². The van der Waals surface area contributed by atoms with Crippen LogP contribution in [0.15, 0.2) is 32.7 Å². The van der Waals surface area contributed by atoms with E-state index in [2.05, 4.69) is 31.6 Å². The fraction of sp³-hybridized carbons (Fsp3) is 0.214. The zero-order valence-electron chi connectivity index (χ0n) is 12.6. The number of hydrogen-bond acceptors (Lipinski definition) is 6. The van der Waals surface area contributed by atoms with Gasteiger partial charge in [0, 0.05) is 12.6 Å². The predicted molar refractivity (Wildman–Crippen MR) is 93.0 cm³/mol. The summed E-state index contributed by atoms with van der Waals surface area (Å²) in [6.45, 7) is 0. The molecule has 0 atom stereocenters. The van der Waals surface area contributed by atoms with Crippen LogP contribution in [0.2, 0.25) is 5.02 Å². The van der Waals surface area contributed by atoms with Crippen molar-refractivity contribution in [2.75, 3.05) is 19.6 Å². The van der Waals surface area contributed by atoms with Crippen LogP contribution in [-0.2, 0) is 7.05 Å². The van der Waals surface area contributed by atoms with E-state index in [1.54, 1.807) is 32.6 Å². The third kappa shape index (κ3) is 3.65. The molecular weight excluding hydrogens is 388 g/mol. The molecule has 23 heavy (non-hydrogen) atoms. The Hall–Kier alpha value is -2.06. The molecule has 9 heteroatoms. The molecule has 1 aromatic carbocycles. The molecule has 1 N–H and O–H groups in total. The highest BCUT2D eigenvalue weighted by Gasteiger charge is 2.11.